The van der Waals surface area contributed by atoms with Crippen LogP contribution in [0.3, 0.4) is 0 Å². The molecule has 1 fully saturated rings. The number of benzene rings is 3. The lowest BCUT2D eigenvalue weighted by atomic mass is 9.89. The number of likely N-dealkylation sites (tertiary alicyclic amines) is 1. The van der Waals surface area contributed by atoms with Gasteiger partial charge in [-0.3, -0.25) is 9.59 Å². The van der Waals surface area contributed by atoms with Crippen LogP contribution >= 0.6 is 0 Å². The minimum Gasteiger partial charge on any atom is -0.497 e. The summed E-state index contributed by atoms with van der Waals surface area (Å²) < 4.78 is 16.9. The molecule has 2 aliphatic heterocycles. The van der Waals surface area contributed by atoms with Crippen molar-refractivity contribution in [3.05, 3.63) is 89.5 Å². The van der Waals surface area contributed by atoms with Gasteiger partial charge in [0.2, 0.25) is 0 Å². The average molecular weight is 470 g/mol. The fourth-order valence-corrected chi connectivity index (χ4v) is 4.77. The molecule has 0 aliphatic carbocycles. The summed E-state index contributed by atoms with van der Waals surface area (Å²) in [6, 6.07) is 22.5. The normalized spacial score (nSPS) is 19.3. The lowest BCUT2D eigenvalue weighted by molar-refractivity contribution is -0.124. The van der Waals surface area contributed by atoms with Gasteiger partial charge in [-0.25, -0.2) is 0 Å². The van der Waals surface area contributed by atoms with Crippen molar-refractivity contribution in [1.29, 1.82) is 0 Å². The predicted octanol–water partition coefficient (Wildman–Crippen LogP) is 4.88. The Morgan fingerprint density at radius 2 is 1.69 bits per heavy atom. The first-order valence-electron chi connectivity index (χ1n) is 11.6. The molecular formula is C29H27NO5. The summed E-state index contributed by atoms with van der Waals surface area (Å²) in [5, 5.41) is 0. The second kappa shape index (κ2) is 9.29. The third-order valence-electron chi connectivity index (χ3n) is 6.64. The van der Waals surface area contributed by atoms with Gasteiger partial charge in [-0.1, -0.05) is 42.5 Å². The van der Waals surface area contributed by atoms with Crippen LogP contribution in [0.1, 0.15) is 34.3 Å². The number of hydrogen-bond donors (Lipinski definition) is 0. The van der Waals surface area contributed by atoms with Crippen molar-refractivity contribution in [3.63, 3.8) is 0 Å². The molecule has 5 rings (SSSR count). The van der Waals surface area contributed by atoms with E-state index in [1.807, 2.05) is 60.7 Å². The van der Waals surface area contributed by atoms with Gasteiger partial charge in [0.15, 0.2) is 5.78 Å². The Bertz CT molecular complexity index is 1280. The Labute approximate surface area is 204 Å². The molecule has 0 radical (unpaired) electrons. The minimum absolute atomic E-state index is 0.0107. The Hall–Kier alpha value is -4.06. The van der Waals surface area contributed by atoms with Gasteiger partial charge in [0.1, 0.15) is 22.8 Å². The van der Waals surface area contributed by atoms with E-state index in [1.165, 1.54) is 0 Å². The highest BCUT2D eigenvalue weighted by molar-refractivity contribution is 6.24. The molecule has 1 amide bonds. The van der Waals surface area contributed by atoms with Crippen LogP contribution < -0.4 is 14.2 Å². The Morgan fingerprint density at radius 1 is 0.971 bits per heavy atom. The van der Waals surface area contributed by atoms with Crippen LogP contribution in [0.4, 0.5) is 0 Å². The molecule has 0 N–H and O–H groups in total. The lowest BCUT2D eigenvalue weighted by Gasteiger charge is -2.34. The summed E-state index contributed by atoms with van der Waals surface area (Å²) in [7, 11) is 3.20. The second-order valence-corrected chi connectivity index (χ2v) is 8.92. The summed E-state index contributed by atoms with van der Waals surface area (Å²) in [5.74, 6) is 1.86. The van der Waals surface area contributed by atoms with Gasteiger partial charge >= 0.3 is 0 Å². The van der Waals surface area contributed by atoms with Crippen LogP contribution in [0.2, 0.25) is 0 Å². The van der Waals surface area contributed by atoms with Crippen molar-refractivity contribution in [2.24, 2.45) is 0 Å². The number of ketones is 1. The molecule has 35 heavy (non-hydrogen) atoms. The second-order valence-electron chi connectivity index (χ2n) is 8.92. The van der Waals surface area contributed by atoms with Crippen LogP contribution in [0.15, 0.2) is 72.8 Å². The van der Waals surface area contributed by atoms with Crippen molar-refractivity contribution in [2.75, 3.05) is 27.3 Å². The van der Waals surface area contributed by atoms with Crippen molar-refractivity contribution >= 4 is 23.3 Å². The standard InChI is InChI=1S/C29H27NO5/c1-33-22-10-8-20(9-11-22)16-24(21-6-4-3-5-7-21)28(32)30-15-14-29(19-30)18-26(31)25-17-23(34-2)12-13-27(25)35-29/h3-13,16-17H,14-15,18-19H2,1-2H3/b24-16+. The number of rotatable bonds is 5. The Balaban J connectivity index is 1.42. The molecule has 3 aromatic rings. The molecule has 6 nitrogen and oxygen atoms in total. The molecule has 2 heterocycles. The van der Waals surface area contributed by atoms with Gasteiger partial charge in [0, 0.05) is 18.5 Å². The van der Waals surface area contributed by atoms with E-state index in [4.69, 9.17) is 14.2 Å². The smallest absolute Gasteiger partial charge is 0.254 e. The molecular weight excluding hydrogens is 442 g/mol. The van der Waals surface area contributed by atoms with Gasteiger partial charge < -0.3 is 19.1 Å². The lowest BCUT2D eigenvalue weighted by Crippen LogP contribution is -2.45. The Morgan fingerprint density at radius 3 is 2.40 bits per heavy atom. The number of carbonyl (C=O) groups excluding carboxylic acids is 2. The summed E-state index contributed by atoms with van der Waals surface area (Å²) in [6.45, 7) is 0.875. The number of nitrogens with zero attached hydrogens (tertiary/aromatic N) is 1. The van der Waals surface area contributed by atoms with Gasteiger partial charge in [-0.15, -0.1) is 0 Å². The van der Waals surface area contributed by atoms with E-state index in [9.17, 15) is 9.59 Å². The number of ether oxygens (including phenoxy) is 3. The SMILES string of the molecule is COc1ccc(/C=C(/C(=O)N2CCC3(CC(=O)c4cc(OC)ccc4O3)C2)c2ccccc2)cc1. The van der Waals surface area contributed by atoms with Gasteiger partial charge in [-0.05, 0) is 47.5 Å². The van der Waals surface area contributed by atoms with E-state index in [1.54, 1.807) is 37.3 Å². The molecule has 1 saturated heterocycles. The quantitative estimate of drug-likeness (QED) is 0.394. The topological polar surface area (TPSA) is 65.1 Å². The van der Waals surface area contributed by atoms with E-state index in [2.05, 4.69) is 0 Å². The predicted molar refractivity (Wildman–Crippen MR) is 134 cm³/mol. The fraction of sp³-hybridized carbons (Fsp3) is 0.241. The molecule has 1 atom stereocenters. The third kappa shape index (κ3) is 4.52. The summed E-state index contributed by atoms with van der Waals surface area (Å²) in [4.78, 5) is 28.6. The van der Waals surface area contributed by atoms with Crippen LogP contribution in [-0.2, 0) is 4.79 Å². The van der Waals surface area contributed by atoms with E-state index in [0.29, 0.717) is 42.1 Å². The number of fused-ring (bicyclic) bond motifs is 1. The highest BCUT2D eigenvalue weighted by Gasteiger charge is 2.47. The first-order chi connectivity index (χ1) is 17.0. The molecule has 0 saturated carbocycles. The maximum atomic E-state index is 13.8. The molecule has 0 aromatic heterocycles. The molecule has 6 heteroatoms. The van der Waals surface area contributed by atoms with Gasteiger partial charge in [0.05, 0.1) is 32.7 Å². The third-order valence-corrected chi connectivity index (χ3v) is 6.64. The number of methoxy groups -OCH3 is 2. The number of Topliss-reactive ketones (excluding diaryl/α,β-unsaturated/α-hetero) is 1. The summed E-state index contributed by atoms with van der Waals surface area (Å²) >= 11 is 0. The summed E-state index contributed by atoms with van der Waals surface area (Å²) in [6.07, 6.45) is 2.73. The highest BCUT2D eigenvalue weighted by Crippen LogP contribution is 2.40. The zero-order valence-corrected chi connectivity index (χ0v) is 19.8. The monoisotopic (exact) mass is 469 g/mol. The molecule has 1 spiro atoms. The maximum absolute atomic E-state index is 13.8. The maximum Gasteiger partial charge on any atom is 0.254 e. The zero-order valence-electron chi connectivity index (χ0n) is 19.8. The van der Waals surface area contributed by atoms with Crippen molar-refractivity contribution < 1.29 is 23.8 Å². The van der Waals surface area contributed by atoms with Gasteiger partial charge in [-0.2, -0.15) is 0 Å². The Kier molecular flexibility index (Phi) is 6.03. The molecule has 2 aliphatic rings. The van der Waals surface area contributed by atoms with Crippen molar-refractivity contribution in [2.45, 2.75) is 18.4 Å². The first kappa shape index (κ1) is 22.7. The van der Waals surface area contributed by atoms with Crippen molar-refractivity contribution in [3.8, 4) is 17.2 Å². The zero-order chi connectivity index (χ0) is 24.4. The molecule has 178 valence electrons. The van der Waals surface area contributed by atoms with E-state index in [0.717, 1.165) is 16.9 Å². The number of hydrogen-bond acceptors (Lipinski definition) is 5. The van der Waals surface area contributed by atoms with Crippen molar-refractivity contribution in [1.82, 2.24) is 4.90 Å². The van der Waals surface area contributed by atoms with E-state index in [-0.39, 0.29) is 18.1 Å². The van der Waals surface area contributed by atoms with E-state index < -0.39 is 5.60 Å². The average Bonchev–Trinajstić information content (AvgIpc) is 3.30. The fourth-order valence-electron chi connectivity index (χ4n) is 4.77. The van der Waals surface area contributed by atoms with Gasteiger partial charge in [0.25, 0.3) is 5.91 Å². The number of amides is 1. The van der Waals surface area contributed by atoms with Crippen LogP contribution in [0, 0.1) is 0 Å². The summed E-state index contributed by atoms with van der Waals surface area (Å²) in [5.41, 5.74) is 2.16. The molecule has 0 bridgehead atoms. The minimum atomic E-state index is -0.712. The van der Waals surface area contributed by atoms with E-state index >= 15 is 0 Å². The largest absolute Gasteiger partial charge is 0.497 e. The number of carbonyl (C=O) groups is 2. The highest BCUT2D eigenvalue weighted by atomic mass is 16.5. The van der Waals surface area contributed by atoms with Crippen LogP contribution in [0.5, 0.6) is 17.2 Å². The molecule has 3 aromatic carbocycles. The van der Waals surface area contributed by atoms with Crippen LogP contribution in [0.25, 0.3) is 11.6 Å². The first-order valence-corrected chi connectivity index (χ1v) is 11.6. The van der Waals surface area contributed by atoms with Crippen LogP contribution in [-0.4, -0.2) is 49.5 Å². The molecule has 1 unspecified atom stereocenters.